The first kappa shape index (κ1) is 11.9. The number of hydrogen-bond acceptors (Lipinski definition) is 5. The van der Waals surface area contributed by atoms with E-state index in [1.165, 1.54) is 19.2 Å². The SMILES string of the molecule is COc1cc(O)c2c(c1)C(O)C(CO)CC2=O. The number of aliphatic hydroxyl groups is 2. The van der Waals surface area contributed by atoms with Crippen molar-refractivity contribution in [3.63, 3.8) is 0 Å². The summed E-state index contributed by atoms with van der Waals surface area (Å²) >= 11 is 0. The summed E-state index contributed by atoms with van der Waals surface area (Å²) in [5, 5.41) is 28.8. The predicted molar refractivity (Wildman–Crippen MR) is 59.1 cm³/mol. The highest BCUT2D eigenvalue weighted by Gasteiger charge is 2.34. The quantitative estimate of drug-likeness (QED) is 0.703. The highest BCUT2D eigenvalue weighted by Crippen LogP contribution is 2.40. The molecule has 2 atom stereocenters. The predicted octanol–water partition coefficient (Wildman–Crippen LogP) is 0.629. The number of Topliss-reactive ketones (excluding diaryl/α,β-unsaturated/α-hetero) is 1. The van der Waals surface area contributed by atoms with Crippen molar-refractivity contribution in [1.82, 2.24) is 0 Å². The third-order valence-corrected chi connectivity index (χ3v) is 3.08. The summed E-state index contributed by atoms with van der Waals surface area (Å²) in [5.74, 6) is -0.627. The maximum absolute atomic E-state index is 11.8. The van der Waals surface area contributed by atoms with Crippen molar-refractivity contribution in [2.75, 3.05) is 13.7 Å². The Morgan fingerprint density at radius 3 is 2.76 bits per heavy atom. The van der Waals surface area contributed by atoms with Gasteiger partial charge in [-0.15, -0.1) is 0 Å². The molecule has 5 heteroatoms. The molecule has 1 aliphatic rings. The van der Waals surface area contributed by atoms with E-state index in [0.717, 1.165) is 0 Å². The second-order valence-electron chi connectivity index (χ2n) is 4.13. The molecular formula is C12H14O5. The van der Waals surface area contributed by atoms with Gasteiger partial charge in [0, 0.05) is 25.0 Å². The zero-order chi connectivity index (χ0) is 12.6. The van der Waals surface area contributed by atoms with Gasteiger partial charge in [-0.2, -0.15) is 0 Å². The molecule has 0 spiro atoms. The number of carbonyl (C=O) groups is 1. The van der Waals surface area contributed by atoms with Crippen LogP contribution in [0.25, 0.3) is 0 Å². The zero-order valence-corrected chi connectivity index (χ0v) is 9.38. The lowest BCUT2D eigenvalue weighted by molar-refractivity contribution is 0.0471. The second-order valence-corrected chi connectivity index (χ2v) is 4.13. The molecule has 3 N–H and O–H groups in total. The molecular weight excluding hydrogens is 224 g/mol. The van der Waals surface area contributed by atoms with Gasteiger partial charge < -0.3 is 20.1 Å². The van der Waals surface area contributed by atoms with Gasteiger partial charge in [-0.05, 0) is 11.6 Å². The first-order valence-electron chi connectivity index (χ1n) is 5.31. The molecule has 0 bridgehead atoms. The molecule has 0 aromatic heterocycles. The second kappa shape index (κ2) is 4.35. The molecule has 0 amide bonds. The molecule has 1 aromatic carbocycles. The van der Waals surface area contributed by atoms with E-state index in [4.69, 9.17) is 9.84 Å². The van der Waals surface area contributed by atoms with E-state index in [2.05, 4.69) is 0 Å². The van der Waals surface area contributed by atoms with Crippen molar-refractivity contribution < 1.29 is 24.9 Å². The number of aliphatic hydroxyl groups excluding tert-OH is 2. The van der Waals surface area contributed by atoms with Crippen LogP contribution >= 0.6 is 0 Å². The van der Waals surface area contributed by atoms with E-state index in [9.17, 15) is 15.0 Å². The monoisotopic (exact) mass is 238 g/mol. The lowest BCUT2D eigenvalue weighted by atomic mass is 9.80. The molecule has 5 nitrogen and oxygen atoms in total. The molecule has 0 heterocycles. The molecule has 1 aromatic rings. The maximum atomic E-state index is 11.8. The fourth-order valence-corrected chi connectivity index (χ4v) is 2.15. The van der Waals surface area contributed by atoms with Crippen LogP contribution in [0.3, 0.4) is 0 Å². The highest BCUT2D eigenvalue weighted by atomic mass is 16.5. The Bertz CT molecular complexity index is 454. The van der Waals surface area contributed by atoms with Crippen LogP contribution in [0.5, 0.6) is 11.5 Å². The standard InChI is InChI=1S/C12H14O5/c1-17-7-3-8-11(10(15)4-7)9(14)2-6(5-13)12(8)16/h3-4,6,12-13,15-16H,2,5H2,1H3. The number of aromatic hydroxyl groups is 1. The number of methoxy groups -OCH3 is 1. The van der Waals surface area contributed by atoms with Gasteiger partial charge in [0.25, 0.3) is 0 Å². The molecule has 2 rings (SSSR count). The summed E-state index contributed by atoms with van der Waals surface area (Å²) in [5.41, 5.74) is 0.445. The van der Waals surface area contributed by atoms with E-state index in [1.807, 2.05) is 0 Å². The van der Waals surface area contributed by atoms with Crippen molar-refractivity contribution in [2.24, 2.45) is 5.92 Å². The van der Waals surface area contributed by atoms with Crippen LogP contribution in [0.2, 0.25) is 0 Å². The van der Waals surface area contributed by atoms with Crippen LogP contribution in [0.15, 0.2) is 12.1 Å². The normalized spacial score (nSPS) is 23.4. The Balaban J connectivity index is 2.57. The molecule has 0 radical (unpaired) electrons. The van der Waals surface area contributed by atoms with E-state index < -0.39 is 12.0 Å². The van der Waals surface area contributed by atoms with Crippen LogP contribution in [0.4, 0.5) is 0 Å². The number of carbonyl (C=O) groups excluding carboxylic acids is 1. The number of benzene rings is 1. The van der Waals surface area contributed by atoms with Gasteiger partial charge >= 0.3 is 0 Å². The van der Waals surface area contributed by atoms with E-state index >= 15 is 0 Å². The largest absolute Gasteiger partial charge is 0.507 e. The van der Waals surface area contributed by atoms with Crippen LogP contribution in [0, 0.1) is 5.92 Å². The molecule has 1 aliphatic carbocycles. The topological polar surface area (TPSA) is 87.0 Å². The summed E-state index contributed by atoms with van der Waals surface area (Å²) in [6.45, 7) is -0.273. The fourth-order valence-electron chi connectivity index (χ4n) is 2.15. The Hall–Kier alpha value is -1.59. The Labute approximate surface area is 98.3 Å². The Kier molecular flexibility index (Phi) is 3.04. The lowest BCUT2D eigenvalue weighted by Gasteiger charge is -2.28. The van der Waals surface area contributed by atoms with Gasteiger partial charge in [-0.1, -0.05) is 0 Å². The number of phenols is 1. The summed E-state index contributed by atoms with van der Waals surface area (Å²) in [7, 11) is 1.43. The Morgan fingerprint density at radius 2 is 2.18 bits per heavy atom. The minimum Gasteiger partial charge on any atom is -0.507 e. The van der Waals surface area contributed by atoms with Gasteiger partial charge in [-0.25, -0.2) is 0 Å². The summed E-state index contributed by atoms with van der Waals surface area (Å²) < 4.78 is 4.97. The van der Waals surface area contributed by atoms with Crippen molar-refractivity contribution in [1.29, 1.82) is 0 Å². The lowest BCUT2D eigenvalue weighted by Crippen LogP contribution is -2.27. The van der Waals surface area contributed by atoms with Gasteiger partial charge in [-0.3, -0.25) is 4.79 Å². The minimum absolute atomic E-state index is 0.0323. The van der Waals surface area contributed by atoms with E-state index in [1.54, 1.807) is 0 Å². The highest BCUT2D eigenvalue weighted by molar-refractivity contribution is 6.01. The van der Waals surface area contributed by atoms with Crippen LogP contribution in [-0.4, -0.2) is 34.8 Å². The number of fused-ring (bicyclic) bond motifs is 1. The molecule has 0 saturated heterocycles. The molecule has 0 saturated carbocycles. The van der Waals surface area contributed by atoms with Crippen LogP contribution in [0.1, 0.15) is 28.4 Å². The van der Waals surface area contributed by atoms with Crippen molar-refractivity contribution in [2.45, 2.75) is 12.5 Å². The smallest absolute Gasteiger partial charge is 0.167 e. The number of ketones is 1. The van der Waals surface area contributed by atoms with Crippen LogP contribution in [-0.2, 0) is 0 Å². The molecule has 17 heavy (non-hydrogen) atoms. The molecule has 0 fully saturated rings. The van der Waals surface area contributed by atoms with Gasteiger partial charge in [0.1, 0.15) is 11.5 Å². The van der Waals surface area contributed by atoms with Crippen molar-refractivity contribution in [3.8, 4) is 11.5 Å². The number of ether oxygens (including phenoxy) is 1. The van der Waals surface area contributed by atoms with Gasteiger partial charge in [0.15, 0.2) is 5.78 Å². The third kappa shape index (κ3) is 1.87. The summed E-state index contributed by atoms with van der Waals surface area (Å²) in [6.07, 6.45) is -0.932. The van der Waals surface area contributed by atoms with Crippen LogP contribution < -0.4 is 4.74 Å². The number of rotatable bonds is 2. The average molecular weight is 238 g/mol. The Morgan fingerprint density at radius 1 is 1.47 bits per heavy atom. The summed E-state index contributed by atoms with van der Waals surface area (Å²) in [4.78, 5) is 11.8. The fraction of sp³-hybridized carbons (Fsp3) is 0.417. The average Bonchev–Trinajstić information content (AvgIpc) is 2.32. The van der Waals surface area contributed by atoms with Gasteiger partial charge in [0.05, 0.1) is 18.8 Å². The minimum atomic E-state index is -0.964. The summed E-state index contributed by atoms with van der Waals surface area (Å²) in [6, 6.07) is 2.85. The van der Waals surface area contributed by atoms with Crippen molar-refractivity contribution >= 4 is 5.78 Å². The van der Waals surface area contributed by atoms with Gasteiger partial charge in [0.2, 0.25) is 0 Å². The first-order chi connectivity index (χ1) is 8.08. The first-order valence-corrected chi connectivity index (χ1v) is 5.31. The van der Waals surface area contributed by atoms with E-state index in [-0.39, 0.29) is 30.1 Å². The zero-order valence-electron chi connectivity index (χ0n) is 9.38. The molecule has 0 aliphatic heterocycles. The molecule has 2 unspecified atom stereocenters. The third-order valence-electron chi connectivity index (χ3n) is 3.08. The molecule has 92 valence electrons. The van der Waals surface area contributed by atoms with E-state index in [0.29, 0.717) is 11.3 Å². The number of hydrogen-bond donors (Lipinski definition) is 3. The van der Waals surface area contributed by atoms with Crippen molar-refractivity contribution in [3.05, 3.63) is 23.3 Å². The number of phenolic OH excluding ortho intramolecular Hbond substituents is 1. The maximum Gasteiger partial charge on any atom is 0.167 e.